The van der Waals surface area contributed by atoms with E-state index in [9.17, 15) is 9.59 Å². The summed E-state index contributed by atoms with van der Waals surface area (Å²) in [6.45, 7) is 1.91. The number of thiophene rings is 1. The van der Waals surface area contributed by atoms with Gasteiger partial charge in [0.1, 0.15) is 4.83 Å². The first-order chi connectivity index (χ1) is 10.1. The van der Waals surface area contributed by atoms with Crippen molar-refractivity contribution >= 4 is 21.6 Å². The Bertz CT molecular complexity index is 972. The molecule has 0 radical (unpaired) electrons. The molecule has 5 heteroatoms. The van der Waals surface area contributed by atoms with Gasteiger partial charge in [0.2, 0.25) is 0 Å². The Morgan fingerprint density at radius 1 is 1.29 bits per heavy atom. The summed E-state index contributed by atoms with van der Waals surface area (Å²) in [6.07, 6.45) is 5.24. The maximum atomic E-state index is 12.6. The van der Waals surface area contributed by atoms with E-state index in [0.29, 0.717) is 10.2 Å². The van der Waals surface area contributed by atoms with Gasteiger partial charge >= 0.3 is 5.69 Å². The van der Waals surface area contributed by atoms with Gasteiger partial charge in [0.25, 0.3) is 5.56 Å². The fourth-order valence-electron chi connectivity index (χ4n) is 2.42. The van der Waals surface area contributed by atoms with E-state index in [0.717, 1.165) is 20.6 Å². The van der Waals surface area contributed by atoms with Crippen molar-refractivity contribution in [1.82, 2.24) is 9.55 Å². The molecule has 0 aliphatic rings. The molecular formula is C16H12N2O2S. The highest BCUT2D eigenvalue weighted by Crippen LogP contribution is 2.34. The number of fused-ring (bicyclic) bond motifs is 1. The quantitative estimate of drug-likeness (QED) is 0.738. The predicted molar refractivity (Wildman–Crippen MR) is 85.7 cm³/mol. The van der Waals surface area contributed by atoms with Gasteiger partial charge in [0.05, 0.1) is 11.9 Å². The number of hydrogen-bond acceptors (Lipinski definition) is 3. The van der Waals surface area contributed by atoms with E-state index in [-0.39, 0.29) is 12.1 Å². The van der Waals surface area contributed by atoms with E-state index in [1.54, 1.807) is 0 Å². The number of nitrogens with zero attached hydrogens (tertiary/aromatic N) is 1. The smallest absolute Gasteiger partial charge is 0.298 e. The summed E-state index contributed by atoms with van der Waals surface area (Å²) in [7, 11) is 0. The first-order valence-electron chi connectivity index (χ1n) is 6.38. The number of benzene rings is 1. The molecular weight excluding hydrogens is 284 g/mol. The number of rotatable bonds is 2. The molecule has 4 nitrogen and oxygen atoms in total. The number of H-pyrrole nitrogens is 1. The molecule has 3 rings (SSSR count). The van der Waals surface area contributed by atoms with Crippen LogP contribution < -0.4 is 11.2 Å². The summed E-state index contributed by atoms with van der Waals surface area (Å²) in [6, 6.07) is 9.66. The molecule has 1 N–H and O–H groups in total. The van der Waals surface area contributed by atoms with Crippen LogP contribution in [0.5, 0.6) is 0 Å². The summed E-state index contributed by atoms with van der Waals surface area (Å²) in [5.41, 5.74) is 1.02. The standard InChI is InChI=1S/C16H12N2O2S/c1-3-9-18-15(19)13-12(11-7-5-4-6-8-11)10(2)21-14(13)17-16(18)20/h1,4-8H,9H2,2H3,(H,17,20). The second-order valence-electron chi connectivity index (χ2n) is 4.63. The normalized spacial score (nSPS) is 10.7. The zero-order valence-electron chi connectivity index (χ0n) is 11.3. The minimum Gasteiger partial charge on any atom is -0.298 e. The molecule has 0 aliphatic carbocycles. The van der Waals surface area contributed by atoms with Crippen LogP contribution in [-0.2, 0) is 6.54 Å². The van der Waals surface area contributed by atoms with Gasteiger partial charge in [0.15, 0.2) is 0 Å². The number of aromatic amines is 1. The Hall–Kier alpha value is -2.58. The van der Waals surface area contributed by atoms with Crippen LogP contribution in [0.4, 0.5) is 0 Å². The van der Waals surface area contributed by atoms with Crippen LogP contribution in [0.1, 0.15) is 4.88 Å². The second-order valence-corrected chi connectivity index (χ2v) is 5.85. The molecule has 3 aromatic rings. The summed E-state index contributed by atoms with van der Waals surface area (Å²) in [5, 5.41) is 0.526. The van der Waals surface area contributed by atoms with Gasteiger partial charge in [0, 0.05) is 10.4 Å². The Kier molecular flexibility index (Phi) is 3.24. The summed E-state index contributed by atoms with van der Waals surface area (Å²) in [5.74, 6) is 2.34. The van der Waals surface area contributed by atoms with Crippen LogP contribution in [0, 0.1) is 19.3 Å². The lowest BCUT2D eigenvalue weighted by atomic mass is 10.0. The Balaban J connectivity index is 2.45. The van der Waals surface area contributed by atoms with Gasteiger partial charge in [-0.25, -0.2) is 9.36 Å². The third kappa shape index (κ3) is 2.10. The SMILES string of the molecule is C#CCn1c(=O)[nH]c2sc(C)c(-c3ccccc3)c2c1=O. The number of terminal acetylenes is 1. The van der Waals surface area contributed by atoms with Gasteiger partial charge in [-0.3, -0.25) is 9.78 Å². The van der Waals surface area contributed by atoms with Crippen LogP contribution in [0.2, 0.25) is 0 Å². The summed E-state index contributed by atoms with van der Waals surface area (Å²) < 4.78 is 1.06. The average molecular weight is 296 g/mol. The average Bonchev–Trinajstić information content (AvgIpc) is 2.80. The van der Waals surface area contributed by atoms with Gasteiger partial charge in [-0.1, -0.05) is 36.3 Å². The van der Waals surface area contributed by atoms with Crippen molar-refractivity contribution in [3.63, 3.8) is 0 Å². The van der Waals surface area contributed by atoms with Crippen molar-refractivity contribution in [1.29, 1.82) is 0 Å². The molecule has 104 valence electrons. The lowest BCUT2D eigenvalue weighted by Crippen LogP contribution is -2.34. The molecule has 21 heavy (non-hydrogen) atoms. The molecule has 0 amide bonds. The Morgan fingerprint density at radius 3 is 2.67 bits per heavy atom. The zero-order valence-corrected chi connectivity index (χ0v) is 12.2. The zero-order chi connectivity index (χ0) is 15.0. The highest BCUT2D eigenvalue weighted by molar-refractivity contribution is 7.19. The summed E-state index contributed by atoms with van der Waals surface area (Å²) in [4.78, 5) is 28.8. The molecule has 0 saturated carbocycles. The van der Waals surface area contributed by atoms with E-state index in [1.807, 2.05) is 37.3 Å². The van der Waals surface area contributed by atoms with Crippen molar-refractivity contribution < 1.29 is 0 Å². The van der Waals surface area contributed by atoms with E-state index in [1.165, 1.54) is 11.3 Å². The van der Waals surface area contributed by atoms with Crippen LogP contribution in [-0.4, -0.2) is 9.55 Å². The molecule has 0 unspecified atom stereocenters. The molecule has 0 spiro atoms. The lowest BCUT2D eigenvalue weighted by molar-refractivity contribution is 0.743. The number of nitrogens with one attached hydrogen (secondary N) is 1. The molecule has 0 fully saturated rings. The van der Waals surface area contributed by atoms with Crippen molar-refractivity contribution in [2.24, 2.45) is 0 Å². The first kappa shape index (κ1) is 13.4. The molecule has 0 atom stereocenters. The van der Waals surface area contributed by atoms with Gasteiger partial charge in [-0.05, 0) is 12.5 Å². The van der Waals surface area contributed by atoms with Gasteiger partial charge in [-0.15, -0.1) is 17.8 Å². The highest BCUT2D eigenvalue weighted by Gasteiger charge is 2.17. The Labute approximate surface area is 124 Å². The first-order valence-corrected chi connectivity index (χ1v) is 7.20. The maximum Gasteiger partial charge on any atom is 0.330 e. The summed E-state index contributed by atoms with van der Waals surface area (Å²) >= 11 is 1.41. The molecule has 2 heterocycles. The fourth-order valence-corrected chi connectivity index (χ4v) is 3.47. The van der Waals surface area contributed by atoms with E-state index >= 15 is 0 Å². The lowest BCUT2D eigenvalue weighted by Gasteiger charge is -2.03. The largest absolute Gasteiger partial charge is 0.330 e. The van der Waals surface area contributed by atoms with Crippen LogP contribution in [0.25, 0.3) is 21.3 Å². The van der Waals surface area contributed by atoms with E-state index < -0.39 is 5.69 Å². The molecule has 0 bridgehead atoms. The van der Waals surface area contributed by atoms with Crippen LogP contribution >= 0.6 is 11.3 Å². The minimum absolute atomic E-state index is 0.0345. The van der Waals surface area contributed by atoms with Gasteiger partial charge in [-0.2, -0.15) is 0 Å². The second kappa shape index (κ2) is 5.08. The highest BCUT2D eigenvalue weighted by atomic mass is 32.1. The van der Waals surface area contributed by atoms with Gasteiger partial charge < -0.3 is 0 Å². The van der Waals surface area contributed by atoms with Crippen molar-refractivity contribution in [3.05, 3.63) is 56.0 Å². The van der Waals surface area contributed by atoms with Crippen LogP contribution in [0.3, 0.4) is 0 Å². The maximum absolute atomic E-state index is 12.6. The number of aryl methyl sites for hydroxylation is 1. The minimum atomic E-state index is -0.466. The molecule has 1 aromatic carbocycles. The fraction of sp³-hybridized carbons (Fsp3) is 0.125. The molecule has 0 saturated heterocycles. The monoisotopic (exact) mass is 296 g/mol. The topological polar surface area (TPSA) is 54.9 Å². The van der Waals surface area contributed by atoms with Crippen molar-refractivity contribution in [2.75, 3.05) is 0 Å². The van der Waals surface area contributed by atoms with Crippen molar-refractivity contribution in [2.45, 2.75) is 13.5 Å². The predicted octanol–water partition coefficient (Wildman–Crippen LogP) is 2.36. The Morgan fingerprint density at radius 2 is 2.00 bits per heavy atom. The number of hydrogen-bond donors (Lipinski definition) is 1. The third-order valence-corrected chi connectivity index (χ3v) is 4.34. The van der Waals surface area contributed by atoms with E-state index in [2.05, 4.69) is 10.9 Å². The molecule has 2 aromatic heterocycles. The van der Waals surface area contributed by atoms with Crippen molar-refractivity contribution in [3.8, 4) is 23.5 Å². The third-order valence-electron chi connectivity index (χ3n) is 3.32. The van der Waals surface area contributed by atoms with E-state index in [4.69, 9.17) is 6.42 Å². The molecule has 0 aliphatic heterocycles. The number of aromatic nitrogens is 2. The van der Waals surface area contributed by atoms with Crippen LogP contribution in [0.15, 0.2) is 39.9 Å².